The number of benzene rings is 1. The van der Waals surface area contributed by atoms with Gasteiger partial charge in [0.15, 0.2) is 0 Å². The van der Waals surface area contributed by atoms with Crippen molar-refractivity contribution in [3.05, 3.63) is 29.7 Å². The van der Waals surface area contributed by atoms with Crippen LogP contribution in [0.1, 0.15) is 5.56 Å². The minimum absolute atomic E-state index is 0.155. The zero-order valence-corrected chi connectivity index (χ0v) is 15.9. The molecule has 1 N–H and O–H groups in total. The standard InChI is InChI=1S/C13H7I2NO2S2/c1-2-3-18-11-8(14)4-7(5-9(11)15)6-10-12(17)16-13(19)20-10/h1,4-6H,3H2,(H,16,17,19)/b10-6+. The molecular formula is C13H7I2NO2S2. The lowest BCUT2D eigenvalue weighted by Gasteiger charge is -2.09. The van der Waals surface area contributed by atoms with Gasteiger partial charge >= 0.3 is 0 Å². The van der Waals surface area contributed by atoms with Crippen molar-refractivity contribution >= 4 is 85.5 Å². The molecule has 0 aliphatic carbocycles. The third kappa shape index (κ3) is 3.87. The largest absolute Gasteiger partial charge is 0.479 e. The third-order valence-corrected chi connectivity index (χ3v) is 5.03. The predicted molar refractivity (Wildman–Crippen MR) is 103 cm³/mol. The molecule has 1 aromatic carbocycles. The van der Waals surface area contributed by atoms with Gasteiger partial charge in [-0.3, -0.25) is 4.79 Å². The molecule has 1 amide bonds. The van der Waals surface area contributed by atoms with E-state index in [-0.39, 0.29) is 12.5 Å². The Labute approximate surface area is 153 Å². The van der Waals surface area contributed by atoms with E-state index in [2.05, 4.69) is 56.4 Å². The highest BCUT2D eigenvalue weighted by molar-refractivity contribution is 14.1. The lowest BCUT2D eigenvalue weighted by Crippen LogP contribution is -2.17. The van der Waals surface area contributed by atoms with Crippen LogP contribution in [0.25, 0.3) is 6.08 Å². The van der Waals surface area contributed by atoms with E-state index in [9.17, 15) is 4.79 Å². The Morgan fingerprint density at radius 2 is 2.10 bits per heavy atom. The quantitative estimate of drug-likeness (QED) is 0.283. The summed E-state index contributed by atoms with van der Waals surface area (Å²) in [6.45, 7) is 0.235. The lowest BCUT2D eigenvalue weighted by molar-refractivity contribution is -0.115. The molecule has 1 aliphatic heterocycles. The fraction of sp³-hybridized carbons (Fsp3) is 0.0769. The second-order valence-corrected chi connectivity index (χ2v) is 7.70. The van der Waals surface area contributed by atoms with Crippen molar-refractivity contribution in [2.24, 2.45) is 0 Å². The van der Waals surface area contributed by atoms with E-state index in [0.717, 1.165) is 18.5 Å². The van der Waals surface area contributed by atoms with Gasteiger partial charge in [-0.05, 0) is 69.0 Å². The summed E-state index contributed by atoms with van der Waals surface area (Å²) in [6.07, 6.45) is 7.01. The highest BCUT2D eigenvalue weighted by Gasteiger charge is 2.22. The molecule has 0 atom stereocenters. The van der Waals surface area contributed by atoms with Crippen molar-refractivity contribution in [3.8, 4) is 18.1 Å². The summed E-state index contributed by atoms with van der Waals surface area (Å²) in [6, 6.07) is 3.88. The zero-order chi connectivity index (χ0) is 14.7. The molecule has 1 heterocycles. The van der Waals surface area contributed by atoms with Gasteiger partial charge in [0.25, 0.3) is 5.91 Å². The first kappa shape index (κ1) is 16.1. The summed E-state index contributed by atoms with van der Waals surface area (Å²) >= 11 is 10.6. The molecule has 102 valence electrons. The molecule has 7 heteroatoms. The number of hydrogen-bond donors (Lipinski definition) is 1. The highest BCUT2D eigenvalue weighted by atomic mass is 127. The molecule has 3 nitrogen and oxygen atoms in total. The summed E-state index contributed by atoms with van der Waals surface area (Å²) in [5.41, 5.74) is 0.925. The normalized spacial score (nSPS) is 16.1. The maximum atomic E-state index is 11.6. The first-order chi connectivity index (χ1) is 9.51. The van der Waals surface area contributed by atoms with Gasteiger partial charge in [0.2, 0.25) is 0 Å². The van der Waals surface area contributed by atoms with Crippen LogP contribution in [0.15, 0.2) is 17.0 Å². The Morgan fingerprint density at radius 3 is 2.60 bits per heavy atom. The molecule has 1 aliphatic rings. The molecule has 1 saturated heterocycles. The molecule has 2 rings (SSSR count). The van der Waals surface area contributed by atoms with Gasteiger partial charge in [-0.15, -0.1) is 6.42 Å². The van der Waals surface area contributed by atoms with Crippen molar-refractivity contribution in [1.82, 2.24) is 5.32 Å². The molecule has 0 radical (unpaired) electrons. The molecule has 0 bridgehead atoms. The summed E-state index contributed by atoms with van der Waals surface area (Å²) in [4.78, 5) is 12.2. The molecule has 1 fully saturated rings. The van der Waals surface area contributed by atoms with Crippen molar-refractivity contribution in [2.45, 2.75) is 0 Å². The number of carbonyl (C=O) groups is 1. The molecule has 1 aromatic rings. The maximum Gasteiger partial charge on any atom is 0.263 e. The van der Waals surface area contributed by atoms with Crippen LogP contribution in [-0.2, 0) is 4.79 Å². The van der Waals surface area contributed by atoms with E-state index in [4.69, 9.17) is 23.4 Å². The number of ether oxygens (including phenoxy) is 1. The van der Waals surface area contributed by atoms with Crippen LogP contribution in [-0.4, -0.2) is 16.8 Å². The summed E-state index contributed by atoms with van der Waals surface area (Å²) < 4.78 is 7.88. The van der Waals surface area contributed by atoms with E-state index in [1.54, 1.807) is 0 Å². The van der Waals surface area contributed by atoms with Crippen LogP contribution < -0.4 is 10.1 Å². The van der Waals surface area contributed by atoms with Gasteiger partial charge in [0.05, 0.1) is 12.0 Å². The van der Waals surface area contributed by atoms with Gasteiger partial charge in [-0.1, -0.05) is 29.9 Å². The van der Waals surface area contributed by atoms with E-state index in [1.165, 1.54) is 11.8 Å². The summed E-state index contributed by atoms with van der Waals surface area (Å²) in [5.74, 6) is 3.06. The van der Waals surface area contributed by atoms with Gasteiger partial charge in [-0.2, -0.15) is 0 Å². The molecule has 0 unspecified atom stereocenters. The smallest absolute Gasteiger partial charge is 0.263 e. The van der Waals surface area contributed by atoms with E-state index in [1.807, 2.05) is 18.2 Å². The number of terminal acetylenes is 1. The molecule has 0 saturated carbocycles. The topological polar surface area (TPSA) is 38.3 Å². The number of thiocarbonyl (C=S) groups is 1. The Morgan fingerprint density at radius 1 is 1.45 bits per heavy atom. The Bertz CT molecular complexity index is 642. The van der Waals surface area contributed by atoms with Crippen molar-refractivity contribution in [2.75, 3.05) is 6.61 Å². The van der Waals surface area contributed by atoms with Gasteiger partial charge < -0.3 is 10.1 Å². The zero-order valence-electron chi connectivity index (χ0n) is 9.91. The van der Waals surface area contributed by atoms with E-state index in [0.29, 0.717) is 9.23 Å². The fourth-order valence-corrected chi connectivity index (χ4v) is 4.66. The van der Waals surface area contributed by atoms with E-state index >= 15 is 0 Å². The monoisotopic (exact) mass is 527 g/mol. The third-order valence-electron chi connectivity index (χ3n) is 2.26. The Kier molecular flexibility index (Phi) is 5.71. The molecule has 20 heavy (non-hydrogen) atoms. The van der Waals surface area contributed by atoms with Crippen molar-refractivity contribution in [3.63, 3.8) is 0 Å². The van der Waals surface area contributed by atoms with Crippen LogP contribution >= 0.6 is 69.2 Å². The molecular weight excluding hydrogens is 520 g/mol. The number of amides is 1. The minimum atomic E-state index is -0.155. The Balaban J connectivity index is 2.31. The second kappa shape index (κ2) is 7.11. The summed E-state index contributed by atoms with van der Waals surface area (Å²) in [5, 5.41) is 2.59. The molecule has 0 spiro atoms. The van der Waals surface area contributed by atoms with Gasteiger partial charge in [-0.25, -0.2) is 0 Å². The number of nitrogens with one attached hydrogen (secondary N) is 1. The summed E-state index contributed by atoms with van der Waals surface area (Å²) in [7, 11) is 0. The SMILES string of the molecule is C#CCOc1c(I)cc(/C=C2/SC(=S)NC2=O)cc1I. The minimum Gasteiger partial charge on any atom is -0.479 e. The Hall–Kier alpha value is -0.310. The average Bonchev–Trinajstić information content (AvgIpc) is 2.67. The number of thioether (sulfide) groups is 1. The predicted octanol–water partition coefficient (Wildman–Crippen LogP) is 3.40. The van der Waals surface area contributed by atoms with Gasteiger partial charge in [0, 0.05) is 0 Å². The highest BCUT2D eigenvalue weighted by Crippen LogP contribution is 2.32. The number of halogens is 2. The van der Waals surface area contributed by atoms with Crippen LogP contribution in [0.3, 0.4) is 0 Å². The fourth-order valence-electron chi connectivity index (χ4n) is 1.49. The van der Waals surface area contributed by atoms with Crippen molar-refractivity contribution in [1.29, 1.82) is 0 Å². The van der Waals surface area contributed by atoms with Crippen molar-refractivity contribution < 1.29 is 9.53 Å². The van der Waals surface area contributed by atoms with E-state index < -0.39 is 0 Å². The second-order valence-electron chi connectivity index (χ2n) is 3.66. The molecule has 0 aromatic heterocycles. The maximum absolute atomic E-state index is 11.6. The van der Waals surface area contributed by atoms with Crippen LogP contribution in [0.4, 0.5) is 0 Å². The first-order valence-electron chi connectivity index (χ1n) is 5.31. The van der Waals surface area contributed by atoms with Crippen LogP contribution in [0.2, 0.25) is 0 Å². The number of hydrogen-bond acceptors (Lipinski definition) is 4. The lowest BCUT2D eigenvalue weighted by atomic mass is 10.2. The number of rotatable bonds is 3. The van der Waals surface area contributed by atoms with Gasteiger partial charge in [0.1, 0.15) is 16.7 Å². The average molecular weight is 527 g/mol. The van der Waals surface area contributed by atoms with Crippen LogP contribution in [0.5, 0.6) is 5.75 Å². The van der Waals surface area contributed by atoms with Crippen LogP contribution in [0, 0.1) is 19.5 Å². The number of carbonyl (C=O) groups excluding carboxylic acids is 1. The first-order valence-corrected chi connectivity index (χ1v) is 8.69.